The van der Waals surface area contributed by atoms with Crippen LogP contribution in [0.4, 0.5) is 43.9 Å². The van der Waals surface area contributed by atoms with Gasteiger partial charge in [-0.25, -0.2) is 4.98 Å². The Morgan fingerprint density at radius 1 is 0.857 bits per heavy atom. The van der Waals surface area contributed by atoms with Gasteiger partial charge in [0.1, 0.15) is 5.82 Å². The molecule has 4 aromatic rings. The number of hydrogen-bond donors (Lipinski definition) is 3. The van der Waals surface area contributed by atoms with Crippen molar-refractivity contribution in [3.63, 3.8) is 0 Å². The number of hydrogen-bond acceptors (Lipinski definition) is 7. The van der Waals surface area contributed by atoms with Gasteiger partial charge in [0.25, 0.3) is 0 Å². The number of rotatable bonds is 8. The number of imidazole rings is 1. The minimum Gasteiger partial charge on any atom is -0.454 e. The Bertz CT molecular complexity index is 1270. The lowest BCUT2D eigenvalue weighted by Crippen LogP contribution is -2.21. The van der Waals surface area contributed by atoms with Gasteiger partial charge in [-0.2, -0.15) is 41.3 Å². The van der Waals surface area contributed by atoms with E-state index in [-0.39, 0.29) is 24.1 Å². The molecule has 3 N–H and O–H groups in total. The maximum atomic E-state index is 13.0. The van der Waals surface area contributed by atoms with Crippen molar-refractivity contribution < 1.29 is 31.1 Å². The number of aromatic nitrogens is 5. The van der Waals surface area contributed by atoms with Crippen molar-refractivity contribution in [1.82, 2.24) is 24.9 Å². The highest BCUT2D eigenvalue weighted by Gasteiger charge is 2.31. The summed E-state index contributed by atoms with van der Waals surface area (Å²) in [4.78, 5) is 19.1. The molecule has 0 atom stereocenters. The van der Waals surface area contributed by atoms with Crippen LogP contribution in [0, 0.1) is 0 Å². The van der Waals surface area contributed by atoms with Gasteiger partial charge in [-0.1, -0.05) is 18.2 Å². The third-order valence-electron chi connectivity index (χ3n) is 4.51. The quantitative estimate of drug-likeness (QED) is 0.291. The summed E-state index contributed by atoms with van der Waals surface area (Å²) in [6.07, 6.45) is -8.83. The van der Waals surface area contributed by atoms with Crippen LogP contribution in [0.15, 0.2) is 48.5 Å². The first kappa shape index (κ1) is 24.0. The van der Waals surface area contributed by atoms with Crippen molar-refractivity contribution in [3.8, 4) is 6.01 Å². The highest BCUT2D eigenvalue weighted by molar-refractivity contribution is 5.74. The van der Waals surface area contributed by atoms with E-state index in [0.717, 1.165) is 23.2 Å². The minimum absolute atomic E-state index is 0.0268. The normalized spacial score (nSPS) is 12.1. The van der Waals surface area contributed by atoms with Gasteiger partial charge in [0, 0.05) is 18.7 Å². The first-order valence-corrected chi connectivity index (χ1v) is 10.1. The van der Waals surface area contributed by atoms with E-state index in [2.05, 4.69) is 40.3 Å². The van der Waals surface area contributed by atoms with E-state index in [1.807, 2.05) is 24.3 Å². The molecule has 0 aliphatic rings. The average Bonchev–Trinajstić information content (AvgIpc) is 3.20. The van der Waals surface area contributed by atoms with Crippen molar-refractivity contribution in [1.29, 1.82) is 0 Å². The van der Waals surface area contributed by atoms with Crippen LogP contribution < -0.4 is 15.4 Å². The first-order chi connectivity index (χ1) is 16.5. The van der Waals surface area contributed by atoms with Gasteiger partial charge in [-0.15, -0.1) is 0 Å². The summed E-state index contributed by atoms with van der Waals surface area (Å²) in [5, 5.41) is 5.37. The zero-order valence-electron chi connectivity index (χ0n) is 17.7. The molecule has 0 aliphatic carbocycles. The monoisotopic (exact) mass is 497 g/mol. The fraction of sp³-hybridized carbons (Fsp3) is 0.238. The third kappa shape index (κ3) is 6.71. The molecule has 0 aliphatic heterocycles. The van der Waals surface area contributed by atoms with Crippen LogP contribution in [-0.2, 0) is 12.6 Å². The van der Waals surface area contributed by atoms with Crippen molar-refractivity contribution >= 4 is 28.6 Å². The molecule has 184 valence electrons. The summed E-state index contributed by atoms with van der Waals surface area (Å²) < 4.78 is 81.3. The largest absolute Gasteiger partial charge is 0.454 e. The average molecular weight is 497 g/mol. The third-order valence-corrected chi connectivity index (χ3v) is 4.51. The van der Waals surface area contributed by atoms with Crippen LogP contribution in [0.5, 0.6) is 6.01 Å². The number of halogens is 6. The number of alkyl halides is 6. The number of fused-ring (bicyclic) bond motifs is 1. The molecule has 35 heavy (non-hydrogen) atoms. The maximum Gasteiger partial charge on any atom is 0.422 e. The number of H-pyrrole nitrogens is 1. The maximum absolute atomic E-state index is 13.0. The number of para-hydroxylation sites is 2. The lowest BCUT2D eigenvalue weighted by molar-refractivity contribution is -0.154. The smallest absolute Gasteiger partial charge is 0.422 e. The fourth-order valence-electron chi connectivity index (χ4n) is 3.02. The van der Waals surface area contributed by atoms with E-state index >= 15 is 0 Å². The SMILES string of the molecule is FC(F)(F)COc1nc(NCCc2nc3ccccc3[nH]2)nc(Nc2cccc(C(F)(F)F)c2)n1. The van der Waals surface area contributed by atoms with E-state index in [0.29, 0.717) is 12.2 Å². The van der Waals surface area contributed by atoms with E-state index in [1.165, 1.54) is 12.1 Å². The van der Waals surface area contributed by atoms with Crippen molar-refractivity contribution in [2.75, 3.05) is 23.8 Å². The van der Waals surface area contributed by atoms with E-state index in [9.17, 15) is 26.3 Å². The number of aromatic amines is 1. The molecule has 0 saturated carbocycles. The molecule has 0 spiro atoms. The molecule has 2 aromatic carbocycles. The second kappa shape index (κ2) is 9.64. The molecule has 4 rings (SSSR count). The van der Waals surface area contributed by atoms with Crippen LogP contribution in [0.3, 0.4) is 0 Å². The summed E-state index contributed by atoms with van der Waals surface area (Å²) >= 11 is 0. The van der Waals surface area contributed by atoms with Gasteiger partial charge in [-0.3, -0.25) is 0 Å². The molecule has 0 radical (unpaired) electrons. The molecule has 14 heteroatoms. The van der Waals surface area contributed by atoms with Crippen molar-refractivity contribution in [2.24, 2.45) is 0 Å². The Hall–Kier alpha value is -4.10. The Labute approximate surface area is 193 Å². The Morgan fingerprint density at radius 2 is 1.63 bits per heavy atom. The van der Waals surface area contributed by atoms with Crippen LogP contribution in [0.2, 0.25) is 0 Å². The van der Waals surface area contributed by atoms with Gasteiger partial charge < -0.3 is 20.4 Å². The molecular formula is C21H17F6N7O. The lowest BCUT2D eigenvalue weighted by atomic mass is 10.2. The minimum atomic E-state index is -4.64. The van der Waals surface area contributed by atoms with Crippen molar-refractivity contribution in [3.05, 3.63) is 59.9 Å². The highest BCUT2D eigenvalue weighted by Crippen LogP contribution is 2.31. The molecule has 0 bridgehead atoms. The van der Waals surface area contributed by atoms with Gasteiger partial charge in [-0.05, 0) is 30.3 Å². The predicted molar refractivity (Wildman–Crippen MR) is 114 cm³/mol. The summed E-state index contributed by atoms with van der Waals surface area (Å²) in [5.41, 5.74) is 0.673. The summed E-state index contributed by atoms with van der Waals surface area (Å²) in [5.74, 6) is 0.217. The van der Waals surface area contributed by atoms with Crippen molar-refractivity contribution in [2.45, 2.75) is 18.8 Å². The van der Waals surface area contributed by atoms with Crippen LogP contribution >= 0.6 is 0 Å². The zero-order valence-corrected chi connectivity index (χ0v) is 17.7. The summed E-state index contributed by atoms with van der Waals surface area (Å²) in [7, 11) is 0. The number of anilines is 3. The standard InChI is InChI=1S/C21H17F6N7O/c22-20(23,24)11-35-19-33-17(28-9-8-16-30-14-6-1-2-7-15(14)31-16)32-18(34-19)29-13-5-3-4-12(10-13)21(25,26)27/h1-7,10H,8-9,11H2,(H,30,31)(H2,28,29,32,33,34). The van der Waals surface area contributed by atoms with Gasteiger partial charge in [0.05, 0.1) is 16.6 Å². The predicted octanol–water partition coefficient (Wildman–Crippen LogP) is 5.11. The number of nitrogens with one attached hydrogen (secondary N) is 3. The first-order valence-electron chi connectivity index (χ1n) is 10.1. The van der Waals surface area contributed by atoms with E-state index in [1.54, 1.807) is 0 Å². The summed E-state index contributed by atoms with van der Waals surface area (Å²) in [6.45, 7) is -1.41. The number of ether oxygens (including phenoxy) is 1. The Kier molecular flexibility index (Phi) is 6.62. The van der Waals surface area contributed by atoms with Gasteiger partial charge in [0.2, 0.25) is 11.9 Å². The molecule has 2 heterocycles. The second-order valence-corrected chi connectivity index (χ2v) is 7.25. The molecule has 0 fully saturated rings. The molecule has 0 saturated heterocycles. The fourth-order valence-corrected chi connectivity index (χ4v) is 3.02. The Morgan fingerprint density at radius 3 is 2.37 bits per heavy atom. The number of nitrogens with zero attached hydrogens (tertiary/aromatic N) is 4. The summed E-state index contributed by atoms with van der Waals surface area (Å²) in [6, 6.07) is 10.9. The van der Waals surface area contributed by atoms with Gasteiger partial charge in [0.15, 0.2) is 6.61 Å². The molecule has 0 amide bonds. The van der Waals surface area contributed by atoms with Crippen LogP contribution in [-0.4, -0.2) is 44.2 Å². The van der Waals surface area contributed by atoms with Crippen LogP contribution in [0.25, 0.3) is 11.0 Å². The topological polar surface area (TPSA) is 101 Å². The Balaban J connectivity index is 1.50. The molecule has 8 nitrogen and oxygen atoms in total. The highest BCUT2D eigenvalue weighted by atomic mass is 19.4. The van der Waals surface area contributed by atoms with Crippen LogP contribution in [0.1, 0.15) is 11.4 Å². The molecule has 0 unspecified atom stereocenters. The van der Waals surface area contributed by atoms with E-state index < -0.39 is 30.5 Å². The number of benzene rings is 2. The van der Waals surface area contributed by atoms with E-state index in [4.69, 9.17) is 0 Å². The van der Waals surface area contributed by atoms with Gasteiger partial charge >= 0.3 is 18.4 Å². The second-order valence-electron chi connectivity index (χ2n) is 7.25. The molecular weight excluding hydrogens is 480 g/mol. The molecule has 2 aromatic heterocycles. The lowest BCUT2D eigenvalue weighted by Gasteiger charge is -2.13. The zero-order chi connectivity index (χ0) is 25.1.